The number of aryl methyl sites for hydroxylation is 2. The molecule has 0 spiro atoms. The number of aromatic nitrogens is 3. The van der Waals surface area contributed by atoms with Crippen LogP contribution in [-0.4, -0.2) is 21.5 Å². The van der Waals surface area contributed by atoms with Gasteiger partial charge in [0, 0.05) is 35.8 Å². The van der Waals surface area contributed by atoms with Crippen molar-refractivity contribution in [3.8, 4) is 11.4 Å². The molecule has 0 aliphatic rings. The van der Waals surface area contributed by atoms with Crippen LogP contribution >= 0.6 is 0 Å². The fourth-order valence-corrected chi connectivity index (χ4v) is 2.14. The van der Waals surface area contributed by atoms with Gasteiger partial charge in [-0.2, -0.15) is 0 Å². The minimum absolute atomic E-state index is 0.761. The highest BCUT2D eigenvalue weighted by Crippen LogP contribution is 2.24. The van der Waals surface area contributed by atoms with Gasteiger partial charge in [0.05, 0.1) is 0 Å². The van der Waals surface area contributed by atoms with Gasteiger partial charge in [0.1, 0.15) is 5.82 Å². The van der Waals surface area contributed by atoms with Gasteiger partial charge in [-0.25, -0.2) is 9.97 Å². The van der Waals surface area contributed by atoms with Crippen LogP contribution in [-0.2, 0) is 6.42 Å². The van der Waals surface area contributed by atoms with Crippen molar-refractivity contribution in [2.45, 2.75) is 40.5 Å². The molecule has 0 unspecified atom stereocenters. The summed E-state index contributed by atoms with van der Waals surface area (Å²) in [6.45, 7) is 9.34. The molecule has 2 heterocycles. The Hall–Kier alpha value is -1.97. The molecule has 2 aromatic heterocycles. The molecule has 0 amide bonds. The third-order valence-corrected chi connectivity index (χ3v) is 3.40. The molecule has 0 atom stereocenters. The van der Waals surface area contributed by atoms with Gasteiger partial charge in [0.15, 0.2) is 5.82 Å². The normalized spacial score (nSPS) is 10.6. The van der Waals surface area contributed by atoms with E-state index < -0.39 is 0 Å². The molecule has 0 aliphatic heterocycles. The van der Waals surface area contributed by atoms with Crippen LogP contribution in [0.2, 0.25) is 0 Å². The molecule has 4 heteroatoms. The molecule has 1 N–H and O–H groups in total. The van der Waals surface area contributed by atoms with E-state index in [1.54, 1.807) is 6.20 Å². The Morgan fingerprint density at radius 1 is 1.15 bits per heavy atom. The van der Waals surface area contributed by atoms with Crippen LogP contribution in [0, 0.1) is 13.8 Å². The van der Waals surface area contributed by atoms with Crippen molar-refractivity contribution in [1.82, 2.24) is 15.0 Å². The Morgan fingerprint density at radius 2 is 1.95 bits per heavy atom. The number of rotatable bonds is 5. The van der Waals surface area contributed by atoms with E-state index in [0.29, 0.717) is 0 Å². The molecule has 0 saturated heterocycles. The first-order chi connectivity index (χ1) is 9.67. The maximum Gasteiger partial charge on any atom is 0.163 e. The van der Waals surface area contributed by atoms with Gasteiger partial charge < -0.3 is 5.32 Å². The Bertz CT molecular complexity index is 593. The predicted octanol–water partition coefficient (Wildman–Crippen LogP) is 3.54. The van der Waals surface area contributed by atoms with Crippen molar-refractivity contribution in [3.05, 3.63) is 35.3 Å². The number of pyridine rings is 1. The van der Waals surface area contributed by atoms with Gasteiger partial charge in [0.25, 0.3) is 0 Å². The number of hydrogen-bond donors (Lipinski definition) is 1. The van der Waals surface area contributed by atoms with E-state index in [4.69, 9.17) is 4.98 Å². The summed E-state index contributed by atoms with van der Waals surface area (Å²) in [6, 6.07) is 1.99. The average Bonchev–Trinajstić information content (AvgIpc) is 2.47. The number of nitrogens with zero attached hydrogens (tertiary/aromatic N) is 3. The lowest BCUT2D eigenvalue weighted by atomic mass is 10.1. The van der Waals surface area contributed by atoms with Crippen molar-refractivity contribution >= 4 is 5.82 Å². The molecule has 0 fully saturated rings. The molecule has 2 rings (SSSR count). The summed E-state index contributed by atoms with van der Waals surface area (Å²) < 4.78 is 0. The van der Waals surface area contributed by atoms with E-state index in [-0.39, 0.29) is 0 Å². The van der Waals surface area contributed by atoms with Crippen LogP contribution in [0.15, 0.2) is 18.5 Å². The Kier molecular flexibility index (Phi) is 4.66. The highest BCUT2D eigenvalue weighted by Gasteiger charge is 2.12. The van der Waals surface area contributed by atoms with Crippen molar-refractivity contribution < 1.29 is 0 Å². The molecule has 106 valence electrons. The monoisotopic (exact) mass is 270 g/mol. The lowest BCUT2D eigenvalue weighted by Gasteiger charge is -2.13. The molecule has 2 aromatic rings. The van der Waals surface area contributed by atoms with E-state index in [1.165, 1.54) is 0 Å². The summed E-state index contributed by atoms with van der Waals surface area (Å²) >= 11 is 0. The summed E-state index contributed by atoms with van der Waals surface area (Å²) in [7, 11) is 0. The van der Waals surface area contributed by atoms with Crippen LogP contribution in [0.3, 0.4) is 0 Å². The van der Waals surface area contributed by atoms with E-state index in [1.807, 2.05) is 12.3 Å². The third-order valence-electron chi connectivity index (χ3n) is 3.40. The largest absolute Gasteiger partial charge is 0.370 e. The smallest absolute Gasteiger partial charge is 0.163 e. The Labute approximate surface area is 120 Å². The van der Waals surface area contributed by atoms with Gasteiger partial charge in [-0.3, -0.25) is 4.98 Å². The summed E-state index contributed by atoms with van der Waals surface area (Å²) in [5.41, 5.74) is 4.39. The summed E-state index contributed by atoms with van der Waals surface area (Å²) in [6.07, 6.45) is 5.61. The molecule has 0 saturated carbocycles. The van der Waals surface area contributed by atoms with Crippen molar-refractivity contribution in [2.75, 3.05) is 11.9 Å². The minimum Gasteiger partial charge on any atom is -0.370 e. The highest BCUT2D eigenvalue weighted by molar-refractivity contribution is 5.62. The maximum atomic E-state index is 4.70. The van der Waals surface area contributed by atoms with Crippen LogP contribution in [0.1, 0.15) is 37.1 Å². The van der Waals surface area contributed by atoms with E-state index in [2.05, 4.69) is 43.0 Å². The van der Waals surface area contributed by atoms with Gasteiger partial charge >= 0.3 is 0 Å². The van der Waals surface area contributed by atoms with Crippen LogP contribution < -0.4 is 5.32 Å². The summed E-state index contributed by atoms with van der Waals surface area (Å²) in [5, 5.41) is 3.40. The fourth-order valence-electron chi connectivity index (χ4n) is 2.14. The quantitative estimate of drug-likeness (QED) is 0.903. The lowest BCUT2D eigenvalue weighted by molar-refractivity contribution is 0.935. The second-order valence-corrected chi connectivity index (χ2v) is 4.94. The van der Waals surface area contributed by atoms with Gasteiger partial charge in [-0.05, 0) is 38.3 Å². The third kappa shape index (κ3) is 2.95. The van der Waals surface area contributed by atoms with Gasteiger partial charge in [0.2, 0.25) is 0 Å². The molecule has 0 aromatic carbocycles. The molecule has 0 bridgehead atoms. The first kappa shape index (κ1) is 14.4. The Balaban J connectivity index is 2.51. The molecule has 0 radical (unpaired) electrons. The second-order valence-electron chi connectivity index (χ2n) is 4.94. The topological polar surface area (TPSA) is 50.7 Å². The lowest BCUT2D eigenvalue weighted by Crippen LogP contribution is -2.09. The zero-order valence-corrected chi connectivity index (χ0v) is 12.7. The first-order valence-electron chi connectivity index (χ1n) is 7.19. The van der Waals surface area contributed by atoms with E-state index in [9.17, 15) is 0 Å². The molecular formula is C16H22N4. The molecule has 20 heavy (non-hydrogen) atoms. The zero-order chi connectivity index (χ0) is 14.5. The Morgan fingerprint density at radius 3 is 2.60 bits per heavy atom. The zero-order valence-electron chi connectivity index (χ0n) is 12.7. The summed E-state index contributed by atoms with van der Waals surface area (Å²) in [4.78, 5) is 13.6. The van der Waals surface area contributed by atoms with Gasteiger partial charge in [-0.15, -0.1) is 0 Å². The van der Waals surface area contributed by atoms with Crippen molar-refractivity contribution in [1.29, 1.82) is 0 Å². The SMILES string of the molecule is CCCNc1nc(-c2cnccc2C)nc(CC)c1C. The molecule has 0 aliphatic carbocycles. The predicted molar refractivity (Wildman–Crippen MR) is 82.9 cm³/mol. The van der Waals surface area contributed by atoms with Crippen LogP contribution in [0.5, 0.6) is 0 Å². The number of nitrogens with one attached hydrogen (secondary N) is 1. The van der Waals surface area contributed by atoms with Crippen molar-refractivity contribution in [3.63, 3.8) is 0 Å². The van der Waals surface area contributed by atoms with Gasteiger partial charge in [-0.1, -0.05) is 13.8 Å². The van der Waals surface area contributed by atoms with Crippen molar-refractivity contribution in [2.24, 2.45) is 0 Å². The fraction of sp³-hybridized carbons (Fsp3) is 0.438. The molecular weight excluding hydrogens is 248 g/mol. The molecule has 4 nitrogen and oxygen atoms in total. The van der Waals surface area contributed by atoms with Crippen LogP contribution in [0.4, 0.5) is 5.82 Å². The number of anilines is 1. The number of hydrogen-bond acceptors (Lipinski definition) is 4. The second kappa shape index (κ2) is 6.46. The van der Waals surface area contributed by atoms with E-state index >= 15 is 0 Å². The van der Waals surface area contributed by atoms with E-state index in [0.717, 1.165) is 53.4 Å². The standard InChI is InChI=1S/C16H22N4/c1-5-8-18-15-12(4)14(6-2)19-16(20-15)13-10-17-9-7-11(13)3/h7,9-10H,5-6,8H2,1-4H3,(H,18,19,20). The average molecular weight is 270 g/mol. The summed E-state index contributed by atoms with van der Waals surface area (Å²) in [5.74, 6) is 1.70. The highest BCUT2D eigenvalue weighted by atomic mass is 15.0. The first-order valence-corrected chi connectivity index (χ1v) is 7.19. The van der Waals surface area contributed by atoms with Crippen LogP contribution in [0.25, 0.3) is 11.4 Å². The maximum absolute atomic E-state index is 4.70. The minimum atomic E-state index is 0.761.